The molecular weight excluding hydrogens is 255 g/mol. The molecule has 1 heterocycles. The van der Waals surface area contributed by atoms with Gasteiger partial charge in [0, 0.05) is 10.9 Å². The van der Waals surface area contributed by atoms with Crippen LogP contribution in [-0.4, -0.2) is 15.6 Å². The predicted molar refractivity (Wildman–Crippen MR) is 75.2 cm³/mol. The minimum Gasteiger partial charge on any atom is -0.295 e. The van der Waals surface area contributed by atoms with E-state index in [9.17, 15) is 9.18 Å². The van der Waals surface area contributed by atoms with E-state index in [2.05, 4.69) is 5.10 Å². The fraction of sp³-hybridized carbons (Fsp3) is 0.125. The molecule has 0 saturated heterocycles. The molecule has 0 unspecified atom stereocenters. The van der Waals surface area contributed by atoms with Crippen LogP contribution in [0, 0.1) is 5.82 Å². The number of carbonyl (C=O) groups is 1. The average Bonchev–Trinajstić information content (AvgIpc) is 2.84. The standard InChI is InChI=1S/C16H13FN2O/c1-11(20)13-4-7-16-14(8-13)9-18-19(16)10-12-2-5-15(17)6-3-12/h2-9H,10H2,1H3. The van der Waals surface area contributed by atoms with Crippen LogP contribution in [0.5, 0.6) is 0 Å². The van der Waals surface area contributed by atoms with E-state index >= 15 is 0 Å². The molecule has 0 N–H and O–H groups in total. The molecule has 3 nitrogen and oxygen atoms in total. The smallest absolute Gasteiger partial charge is 0.159 e. The van der Waals surface area contributed by atoms with Crippen molar-refractivity contribution in [3.05, 3.63) is 65.6 Å². The van der Waals surface area contributed by atoms with Gasteiger partial charge in [0.05, 0.1) is 18.3 Å². The fourth-order valence-corrected chi connectivity index (χ4v) is 2.19. The number of fused-ring (bicyclic) bond motifs is 1. The van der Waals surface area contributed by atoms with Crippen molar-refractivity contribution in [3.63, 3.8) is 0 Å². The van der Waals surface area contributed by atoms with Crippen LogP contribution < -0.4 is 0 Å². The van der Waals surface area contributed by atoms with E-state index in [1.165, 1.54) is 12.1 Å². The summed E-state index contributed by atoms with van der Waals surface area (Å²) in [5.41, 5.74) is 2.62. The second-order valence-corrected chi connectivity index (χ2v) is 4.76. The molecule has 100 valence electrons. The maximum Gasteiger partial charge on any atom is 0.159 e. The van der Waals surface area contributed by atoms with Crippen molar-refractivity contribution in [1.82, 2.24) is 9.78 Å². The molecule has 3 rings (SSSR count). The number of nitrogens with zero attached hydrogens (tertiary/aromatic N) is 2. The Morgan fingerprint density at radius 3 is 2.65 bits per heavy atom. The highest BCUT2D eigenvalue weighted by Crippen LogP contribution is 2.17. The zero-order chi connectivity index (χ0) is 14.1. The summed E-state index contributed by atoms with van der Waals surface area (Å²) in [5.74, 6) is -0.205. The van der Waals surface area contributed by atoms with Crippen LogP contribution in [0.25, 0.3) is 10.9 Å². The number of ketones is 1. The van der Waals surface area contributed by atoms with Gasteiger partial charge in [0.25, 0.3) is 0 Å². The molecule has 0 radical (unpaired) electrons. The number of benzene rings is 2. The first-order valence-corrected chi connectivity index (χ1v) is 6.34. The van der Waals surface area contributed by atoms with E-state index in [0.717, 1.165) is 16.5 Å². The van der Waals surface area contributed by atoms with E-state index in [1.54, 1.807) is 31.3 Å². The van der Waals surface area contributed by atoms with Crippen LogP contribution in [0.15, 0.2) is 48.7 Å². The van der Waals surface area contributed by atoms with E-state index in [0.29, 0.717) is 12.1 Å². The maximum atomic E-state index is 12.9. The van der Waals surface area contributed by atoms with Gasteiger partial charge < -0.3 is 0 Å². The highest BCUT2D eigenvalue weighted by Gasteiger charge is 2.06. The molecule has 0 aliphatic carbocycles. The number of hydrogen-bond donors (Lipinski definition) is 0. The lowest BCUT2D eigenvalue weighted by atomic mass is 10.1. The largest absolute Gasteiger partial charge is 0.295 e. The molecular formula is C16H13FN2O. The number of halogens is 1. The summed E-state index contributed by atoms with van der Waals surface area (Å²) >= 11 is 0. The molecule has 4 heteroatoms. The Balaban J connectivity index is 1.96. The highest BCUT2D eigenvalue weighted by molar-refractivity contribution is 5.97. The van der Waals surface area contributed by atoms with Gasteiger partial charge in [-0.2, -0.15) is 5.10 Å². The lowest BCUT2D eigenvalue weighted by molar-refractivity contribution is 0.101. The lowest BCUT2D eigenvalue weighted by Crippen LogP contribution is -2.01. The first-order chi connectivity index (χ1) is 9.63. The van der Waals surface area contributed by atoms with Crippen LogP contribution in [0.4, 0.5) is 4.39 Å². The fourth-order valence-electron chi connectivity index (χ4n) is 2.19. The Morgan fingerprint density at radius 2 is 1.95 bits per heavy atom. The Hall–Kier alpha value is -2.49. The van der Waals surface area contributed by atoms with Crippen molar-refractivity contribution >= 4 is 16.7 Å². The quantitative estimate of drug-likeness (QED) is 0.682. The van der Waals surface area contributed by atoms with Crippen LogP contribution in [0.1, 0.15) is 22.8 Å². The summed E-state index contributed by atoms with van der Waals surface area (Å²) in [6, 6.07) is 11.9. The molecule has 0 amide bonds. The van der Waals surface area contributed by atoms with E-state index in [-0.39, 0.29) is 11.6 Å². The Labute approximate surface area is 115 Å². The summed E-state index contributed by atoms with van der Waals surface area (Å²) in [7, 11) is 0. The van der Waals surface area contributed by atoms with Gasteiger partial charge in [0.1, 0.15) is 5.82 Å². The molecule has 0 fully saturated rings. The average molecular weight is 268 g/mol. The third kappa shape index (κ3) is 2.32. The molecule has 1 aromatic heterocycles. The van der Waals surface area contributed by atoms with E-state index in [4.69, 9.17) is 0 Å². The summed E-state index contributed by atoms with van der Waals surface area (Å²) in [6.07, 6.45) is 1.74. The lowest BCUT2D eigenvalue weighted by Gasteiger charge is -2.04. The maximum absolute atomic E-state index is 12.9. The van der Waals surface area contributed by atoms with Crippen molar-refractivity contribution in [2.24, 2.45) is 0 Å². The Morgan fingerprint density at radius 1 is 1.20 bits per heavy atom. The molecule has 20 heavy (non-hydrogen) atoms. The molecule has 0 aliphatic rings. The van der Waals surface area contributed by atoms with Crippen molar-refractivity contribution in [1.29, 1.82) is 0 Å². The van der Waals surface area contributed by atoms with Crippen LogP contribution in [0.2, 0.25) is 0 Å². The third-order valence-electron chi connectivity index (χ3n) is 3.29. The molecule has 0 spiro atoms. The van der Waals surface area contributed by atoms with Gasteiger partial charge in [0.15, 0.2) is 5.78 Å². The number of hydrogen-bond acceptors (Lipinski definition) is 2. The second kappa shape index (κ2) is 4.89. The topological polar surface area (TPSA) is 34.9 Å². The van der Waals surface area contributed by atoms with E-state index < -0.39 is 0 Å². The number of carbonyl (C=O) groups excluding carboxylic acids is 1. The normalized spacial score (nSPS) is 10.9. The summed E-state index contributed by atoms with van der Waals surface area (Å²) in [4.78, 5) is 11.4. The minimum atomic E-state index is -0.245. The Bertz CT molecular complexity index is 775. The van der Waals surface area contributed by atoms with Gasteiger partial charge in [-0.1, -0.05) is 12.1 Å². The SMILES string of the molecule is CC(=O)c1ccc2c(cnn2Cc2ccc(F)cc2)c1. The number of rotatable bonds is 3. The van der Waals surface area contributed by atoms with Gasteiger partial charge in [-0.05, 0) is 42.8 Å². The molecule has 0 saturated carbocycles. The number of aromatic nitrogens is 2. The van der Waals surface area contributed by atoms with Crippen LogP contribution >= 0.6 is 0 Å². The number of Topliss-reactive ketones (excluding diaryl/α,β-unsaturated/α-hetero) is 1. The van der Waals surface area contributed by atoms with E-state index in [1.807, 2.05) is 16.8 Å². The van der Waals surface area contributed by atoms with Gasteiger partial charge in [-0.15, -0.1) is 0 Å². The summed E-state index contributed by atoms with van der Waals surface area (Å²) < 4.78 is 14.7. The van der Waals surface area contributed by atoms with Crippen molar-refractivity contribution in [3.8, 4) is 0 Å². The molecule has 3 aromatic rings. The summed E-state index contributed by atoms with van der Waals surface area (Å²) in [5, 5.41) is 5.26. The monoisotopic (exact) mass is 268 g/mol. The van der Waals surface area contributed by atoms with Gasteiger partial charge in [-0.25, -0.2) is 4.39 Å². The summed E-state index contributed by atoms with van der Waals surface area (Å²) in [6.45, 7) is 2.12. The van der Waals surface area contributed by atoms with Gasteiger partial charge in [-0.3, -0.25) is 9.48 Å². The Kier molecular flexibility index (Phi) is 3.06. The van der Waals surface area contributed by atoms with Crippen molar-refractivity contribution < 1.29 is 9.18 Å². The zero-order valence-electron chi connectivity index (χ0n) is 11.0. The minimum absolute atomic E-state index is 0.0400. The zero-order valence-corrected chi connectivity index (χ0v) is 11.0. The van der Waals surface area contributed by atoms with Gasteiger partial charge in [0.2, 0.25) is 0 Å². The molecule has 2 aromatic carbocycles. The van der Waals surface area contributed by atoms with Crippen molar-refractivity contribution in [2.45, 2.75) is 13.5 Å². The molecule has 0 aliphatic heterocycles. The van der Waals surface area contributed by atoms with Gasteiger partial charge >= 0.3 is 0 Å². The first-order valence-electron chi connectivity index (χ1n) is 6.34. The van der Waals surface area contributed by atoms with Crippen LogP contribution in [0.3, 0.4) is 0 Å². The first kappa shape index (κ1) is 12.5. The second-order valence-electron chi connectivity index (χ2n) is 4.76. The molecule has 0 bridgehead atoms. The predicted octanol–water partition coefficient (Wildman–Crippen LogP) is 3.43. The third-order valence-corrected chi connectivity index (χ3v) is 3.29. The van der Waals surface area contributed by atoms with Crippen molar-refractivity contribution in [2.75, 3.05) is 0 Å². The highest BCUT2D eigenvalue weighted by atomic mass is 19.1. The molecule has 0 atom stereocenters. The van der Waals surface area contributed by atoms with Crippen LogP contribution in [-0.2, 0) is 6.54 Å².